The Labute approximate surface area is 141 Å². The number of aromatic amines is 1. The number of anilines is 1. The van der Waals surface area contributed by atoms with Crippen molar-refractivity contribution in [1.29, 1.82) is 0 Å². The number of fused-ring (bicyclic) bond motifs is 3. The lowest BCUT2D eigenvalue weighted by atomic mass is 10.1. The maximum absolute atomic E-state index is 12.0. The summed E-state index contributed by atoms with van der Waals surface area (Å²) in [5.74, 6) is 0.688. The fraction of sp³-hybridized carbons (Fsp3) is 0.467. The van der Waals surface area contributed by atoms with Crippen LogP contribution >= 0.6 is 0 Å². The summed E-state index contributed by atoms with van der Waals surface area (Å²) in [6.07, 6.45) is 1.97. The zero-order valence-corrected chi connectivity index (χ0v) is 13.7. The molecular formula is C15H17N4O4S-. The van der Waals surface area contributed by atoms with Crippen molar-refractivity contribution in [3.63, 3.8) is 0 Å². The van der Waals surface area contributed by atoms with E-state index in [2.05, 4.69) is 15.3 Å². The smallest absolute Gasteiger partial charge is 0.253 e. The second kappa shape index (κ2) is 6.15. The largest absolute Gasteiger partial charge is 0.750 e. The van der Waals surface area contributed by atoms with Crippen LogP contribution in [0.4, 0.5) is 5.82 Å². The normalized spacial score (nSPS) is 22.3. The Morgan fingerprint density at radius 1 is 1.42 bits per heavy atom. The van der Waals surface area contributed by atoms with Gasteiger partial charge in [-0.2, -0.15) is 0 Å². The standard InChI is InChI=1S/C15H18N4O4S/c20-15-13-10-3-4-12(18-14(10)17-11(13)5-6-16-15)19-7-1-2-9(8-19)23-24(21)22/h3-4,9H,1-2,5-8H2,(H,16,20)(H,17,18)(H,21,22)/p-1/t9-/m0/s1. The van der Waals surface area contributed by atoms with E-state index in [-0.39, 0.29) is 12.0 Å². The quantitative estimate of drug-likeness (QED) is 0.787. The van der Waals surface area contributed by atoms with Gasteiger partial charge in [-0.15, -0.1) is 0 Å². The molecule has 1 unspecified atom stereocenters. The highest BCUT2D eigenvalue weighted by Crippen LogP contribution is 2.27. The second-order valence-corrected chi connectivity index (χ2v) is 6.66. The van der Waals surface area contributed by atoms with Crippen molar-refractivity contribution in [3.05, 3.63) is 23.4 Å². The number of carbonyl (C=O) groups is 1. The molecule has 1 saturated heterocycles. The average Bonchev–Trinajstić information content (AvgIpc) is 2.93. The lowest BCUT2D eigenvalue weighted by molar-refractivity contribution is 0.0947. The van der Waals surface area contributed by atoms with E-state index in [1.54, 1.807) is 0 Å². The van der Waals surface area contributed by atoms with E-state index in [1.807, 2.05) is 17.0 Å². The predicted octanol–water partition coefficient (Wildman–Crippen LogP) is 0.628. The van der Waals surface area contributed by atoms with Gasteiger partial charge < -0.3 is 19.8 Å². The molecule has 4 heterocycles. The van der Waals surface area contributed by atoms with Crippen molar-refractivity contribution >= 4 is 34.1 Å². The van der Waals surface area contributed by atoms with Gasteiger partial charge in [0.15, 0.2) is 0 Å². The molecule has 0 radical (unpaired) electrons. The molecule has 2 aromatic rings. The zero-order valence-electron chi connectivity index (χ0n) is 12.9. The van der Waals surface area contributed by atoms with E-state index in [1.165, 1.54) is 0 Å². The molecule has 1 fully saturated rings. The van der Waals surface area contributed by atoms with Gasteiger partial charge in [0.05, 0.1) is 23.0 Å². The lowest BCUT2D eigenvalue weighted by Gasteiger charge is -2.33. The van der Waals surface area contributed by atoms with Crippen LogP contribution in [0.5, 0.6) is 0 Å². The number of hydrogen-bond donors (Lipinski definition) is 2. The van der Waals surface area contributed by atoms with Crippen LogP contribution in [-0.2, 0) is 22.0 Å². The van der Waals surface area contributed by atoms with Gasteiger partial charge in [-0.05, 0) is 25.0 Å². The first-order valence-electron chi connectivity index (χ1n) is 7.93. The Bertz CT molecular complexity index is 821. The second-order valence-electron chi connectivity index (χ2n) is 6.06. The Balaban J connectivity index is 1.63. The third-order valence-corrected chi connectivity index (χ3v) is 4.95. The highest BCUT2D eigenvalue weighted by Gasteiger charge is 2.25. The molecule has 1 amide bonds. The molecule has 2 aliphatic heterocycles. The summed E-state index contributed by atoms with van der Waals surface area (Å²) in [5, 5.41) is 3.66. The molecule has 9 heteroatoms. The van der Waals surface area contributed by atoms with Gasteiger partial charge in [-0.1, -0.05) is 0 Å². The third-order valence-electron chi connectivity index (χ3n) is 4.53. The van der Waals surface area contributed by atoms with Crippen LogP contribution < -0.4 is 10.2 Å². The Hall–Kier alpha value is -1.97. The first-order chi connectivity index (χ1) is 11.6. The topological polar surface area (TPSA) is 110 Å². The third kappa shape index (κ3) is 2.79. The molecule has 2 aliphatic rings. The van der Waals surface area contributed by atoms with Crippen molar-refractivity contribution in [3.8, 4) is 0 Å². The molecule has 0 spiro atoms. The summed E-state index contributed by atoms with van der Waals surface area (Å²) in [6.45, 7) is 1.90. The van der Waals surface area contributed by atoms with Crippen LogP contribution in [0, 0.1) is 0 Å². The fourth-order valence-corrected chi connectivity index (χ4v) is 3.84. The number of carbonyl (C=O) groups excluding carboxylic acids is 1. The number of amides is 1. The van der Waals surface area contributed by atoms with E-state index in [0.29, 0.717) is 30.7 Å². The molecule has 0 bridgehead atoms. The Kier molecular flexibility index (Phi) is 3.99. The van der Waals surface area contributed by atoms with E-state index >= 15 is 0 Å². The van der Waals surface area contributed by atoms with Gasteiger partial charge in [0.1, 0.15) is 11.5 Å². The van der Waals surface area contributed by atoms with Crippen LogP contribution in [0.15, 0.2) is 12.1 Å². The molecule has 0 saturated carbocycles. The first kappa shape index (κ1) is 15.6. The van der Waals surface area contributed by atoms with Crippen LogP contribution in [0.1, 0.15) is 28.9 Å². The van der Waals surface area contributed by atoms with Crippen LogP contribution in [0.3, 0.4) is 0 Å². The first-order valence-corrected chi connectivity index (χ1v) is 8.93. The number of nitrogens with zero attached hydrogens (tertiary/aromatic N) is 2. The summed E-state index contributed by atoms with van der Waals surface area (Å²) < 4.78 is 26.4. The number of nitrogens with one attached hydrogen (secondary N) is 2. The van der Waals surface area contributed by atoms with Crippen molar-refractivity contribution < 1.29 is 17.7 Å². The molecule has 2 aromatic heterocycles. The highest BCUT2D eigenvalue weighted by atomic mass is 32.2. The molecule has 128 valence electrons. The van der Waals surface area contributed by atoms with Crippen LogP contribution in [-0.4, -0.2) is 50.4 Å². The number of H-pyrrole nitrogens is 1. The molecule has 4 rings (SSSR count). The summed E-state index contributed by atoms with van der Waals surface area (Å²) in [7, 11) is 0. The summed E-state index contributed by atoms with van der Waals surface area (Å²) in [4.78, 5) is 21.9. The van der Waals surface area contributed by atoms with E-state index in [4.69, 9.17) is 4.18 Å². The Morgan fingerprint density at radius 3 is 3.12 bits per heavy atom. The maximum atomic E-state index is 12.0. The minimum atomic E-state index is -2.50. The summed E-state index contributed by atoms with van der Waals surface area (Å²) in [5.41, 5.74) is 2.28. The van der Waals surface area contributed by atoms with Gasteiger partial charge in [0, 0.05) is 37.1 Å². The Morgan fingerprint density at radius 2 is 2.29 bits per heavy atom. The number of aromatic nitrogens is 2. The summed E-state index contributed by atoms with van der Waals surface area (Å²) in [6, 6.07) is 3.77. The fourth-order valence-electron chi connectivity index (χ4n) is 3.46. The zero-order chi connectivity index (χ0) is 16.7. The average molecular weight is 349 g/mol. The van der Waals surface area contributed by atoms with Gasteiger partial charge in [-0.25, -0.2) is 9.19 Å². The molecule has 0 aromatic carbocycles. The number of pyridine rings is 1. The minimum absolute atomic E-state index is 0.0681. The molecule has 24 heavy (non-hydrogen) atoms. The van der Waals surface area contributed by atoms with Gasteiger partial charge in [0.25, 0.3) is 5.91 Å². The number of hydrogen-bond acceptors (Lipinski definition) is 6. The highest BCUT2D eigenvalue weighted by molar-refractivity contribution is 7.74. The number of rotatable bonds is 3. The molecule has 0 aliphatic carbocycles. The van der Waals surface area contributed by atoms with Crippen molar-refractivity contribution in [2.45, 2.75) is 25.4 Å². The molecule has 2 atom stereocenters. The van der Waals surface area contributed by atoms with Crippen LogP contribution in [0.2, 0.25) is 0 Å². The number of piperidine rings is 1. The van der Waals surface area contributed by atoms with E-state index in [0.717, 1.165) is 36.3 Å². The lowest BCUT2D eigenvalue weighted by Crippen LogP contribution is -2.40. The van der Waals surface area contributed by atoms with Crippen molar-refractivity contribution in [2.75, 3.05) is 24.5 Å². The predicted molar refractivity (Wildman–Crippen MR) is 87.4 cm³/mol. The van der Waals surface area contributed by atoms with Crippen LogP contribution in [0.25, 0.3) is 11.0 Å². The molecular weight excluding hydrogens is 332 g/mol. The van der Waals surface area contributed by atoms with E-state index < -0.39 is 11.4 Å². The monoisotopic (exact) mass is 349 g/mol. The van der Waals surface area contributed by atoms with Gasteiger partial charge in [0.2, 0.25) is 0 Å². The van der Waals surface area contributed by atoms with Gasteiger partial charge in [-0.3, -0.25) is 8.98 Å². The maximum Gasteiger partial charge on any atom is 0.253 e. The van der Waals surface area contributed by atoms with Crippen molar-refractivity contribution in [1.82, 2.24) is 15.3 Å². The minimum Gasteiger partial charge on any atom is -0.750 e. The van der Waals surface area contributed by atoms with Crippen molar-refractivity contribution in [2.24, 2.45) is 0 Å². The summed E-state index contributed by atoms with van der Waals surface area (Å²) >= 11 is -2.50. The molecule has 8 nitrogen and oxygen atoms in total. The van der Waals surface area contributed by atoms with E-state index in [9.17, 15) is 13.6 Å². The molecule has 2 N–H and O–H groups in total. The van der Waals surface area contributed by atoms with Gasteiger partial charge >= 0.3 is 0 Å². The SMILES string of the molecule is O=C1NCCc2[nH]c3nc(N4CCC[C@H](OS(=O)[O-])C4)ccc3c21.